The second-order valence-corrected chi connectivity index (χ2v) is 7.46. The molecule has 0 saturated heterocycles. The van der Waals surface area contributed by atoms with Gasteiger partial charge in [-0.25, -0.2) is 15.0 Å². The van der Waals surface area contributed by atoms with Crippen molar-refractivity contribution in [2.75, 3.05) is 16.0 Å². The van der Waals surface area contributed by atoms with E-state index in [0.717, 1.165) is 16.9 Å². The number of rotatable bonds is 6. The maximum Gasteiger partial charge on any atom is 0.259 e. The summed E-state index contributed by atoms with van der Waals surface area (Å²) in [4.78, 5) is 25.4. The van der Waals surface area contributed by atoms with Gasteiger partial charge in [0.1, 0.15) is 23.8 Å². The molecule has 1 amide bonds. The normalized spacial score (nSPS) is 10.6. The van der Waals surface area contributed by atoms with E-state index in [1.807, 2.05) is 64.2 Å². The summed E-state index contributed by atoms with van der Waals surface area (Å²) in [6, 6.07) is 13.1. The van der Waals surface area contributed by atoms with E-state index < -0.39 is 0 Å². The third kappa shape index (κ3) is 4.72. The number of hydrogen-bond donors (Lipinski definition) is 3. The van der Waals surface area contributed by atoms with Crippen LogP contribution in [0.3, 0.4) is 0 Å². The fourth-order valence-corrected chi connectivity index (χ4v) is 3.31. The Kier molecular flexibility index (Phi) is 5.80. The van der Waals surface area contributed by atoms with Crippen LogP contribution in [-0.2, 0) is 7.05 Å². The molecule has 1 aromatic carbocycles. The highest BCUT2D eigenvalue weighted by molar-refractivity contribution is 6.05. The second-order valence-electron chi connectivity index (χ2n) is 7.46. The molecule has 0 aliphatic carbocycles. The Bertz CT molecular complexity index is 1260. The van der Waals surface area contributed by atoms with E-state index >= 15 is 0 Å². The van der Waals surface area contributed by atoms with Crippen molar-refractivity contribution in [2.24, 2.45) is 7.05 Å². The largest absolute Gasteiger partial charge is 0.340 e. The predicted molar refractivity (Wildman–Crippen MR) is 125 cm³/mol. The Labute approximate surface area is 186 Å². The van der Waals surface area contributed by atoms with Crippen LogP contribution >= 0.6 is 0 Å². The molecule has 3 N–H and O–H groups in total. The first-order valence-electron chi connectivity index (χ1n) is 10.1. The van der Waals surface area contributed by atoms with Gasteiger partial charge < -0.3 is 16.0 Å². The summed E-state index contributed by atoms with van der Waals surface area (Å²) in [5, 5.41) is 13.6. The lowest BCUT2D eigenvalue weighted by Gasteiger charge is -2.10. The molecule has 9 nitrogen and oxygen atoms in total. The molecule has 0 spiro atoms. The van der Waals surface area contributed by atoms with Gasteiger partial charge in [-0.15, -0.1) is 0 Å². The van der Waals surface area contributed by atoms with Crippen molar-refractivity contribution in [1.29, 1.82) is 0 Å². The molecule has 0 fully saturated rings. The summed E-state index contributed by atoms with van der Waals surface area (Å²) in [6.45, 7) is 5.71. The predicted octanol–water partition coefficient (Wildman–Crippen LogP) is 4.27. The van der Waals surface area contributed by atoms with Gasteiger partial charge in [0.15, 0.2) is 0 Å². The van der Waals surface area contributed by atoms with Gasteiger partial charge in [0.25, 0.3) is 5.91 Å². The van der Waals surface area contributed by atoms with Gasteiger partial charge in [-0.1, -0.05) is 0 Å². The number of nitrogens with zero attached hydrogens (tertiary/aromatic N) is 5. The maximum absolute atomic E-state index is 12.6. The molecule has 0 bridgehead atoms. The van der Waals surface area contributed by atoms with E-state index in [4.69, 9.17) is 0 Å². The van der Waals surface area contributed by atoms with Crippen molar-refractivity contribution < 1.29 is 4.79 Å². The van der Waals surface area contributed by atoms with Crippen molar-refractivity contribution in [3.63, 3.8) is 0 Å². The number of aromatic nitrogens is 5. The van der Waals surface area contributed by atoms with Gasteiger partial charge in [-0.2, -0.15) is 5.10 Å². The van der Waals surface area contributed by atoms with E-state index in [1.165, 1.54) is 6.33 Å². The van der Waals surface area contributed by atoms with E-state index in [-0.39, 0.29) is 5.91 Å². The summed E-state index contributed by atoms with van der Waals surface area (Å²) in [6.07, 6.45) is 3.23. The van der Waals surface area contributed by atoms with E-state index in [1.54, 1.807) is 16.9 Å². The maximum atomic E-state index is 12.6. The van der Waals surface area contributed by atoms with Gasteiger partial charge >= 0.3 is 0 Å². The highest BCUT2D eigenvalue weighted by Crippen LogP contribution is 2.21. The average molecular weight is 429 g/mol. The Morgan fingerprint density at radius 3 is 2.16 bits per heavy atom. The highest BCUT2D eigenvalue weighted by atomic mass is 16.1. The summed E-state index contributed by atoms with van der Waals surface area (Å²) < 4.78 is 1.71. The van der Waals surface area contributed by atoms with Gasteiger partial charge in [-0.05, 0) is 62.7 Å². The molecule has 0 aliphatic heterocycles. The molecule has 3 heterocycles. The zero-order valence-corrected chi connectivity index (χ0v) is 18.3. The van der Waals surface area contributed by atoms with Crippen LogP contribution < -0.4 is 16.0 Å². The fourth-order valence-electron chi connectivity index (χ4n) is 3.31. The number of pyridine rings is 1. The van der Waals surface area contributed by atoms with Crippen LogP contribution in [0, 0.1) is 20.8 Å². The first-order chi connectivity index (χ1) is 15.4. The van der Waals surface area contributed by atoms with Crippen LogP contribution in [0.25, 0.3) is 0 Å². The van der Waals surface area contributed by atoms with E-state index in [0.29, 0.717) is 34.4 Å². The van der Waals surface area contributed by atoms with Crippen LogP contribution in [0.1, 0.15) is 27.3 Å². The standard InChI is InChI=1S/C23H24N8O/c1-14-9-10-24-19(11-14)29-21-12-20(25-13-26-21)27-17-5-7-18(8-6-17)28-23(32)22-15(2)30-31(4)16(22)3/h5-13H,1-4H3,(H,28,32)(H2,24,25,26,27,29). The van der Waals surface area contributed by atoms with Crippen LogP contribution in [0.15, 0.2) is 55.0 Å². The molecule has 3 aromatic heterocycles. The number of anilines is 5. The molecule has 0 atom stereocenters. The lowest BCUT2D eigenvalue weighted by atomic mass is 10.1. The van der Waals surface area contributed by atoms with Crippen molar-refractivity contribution in [1.82, 2.24) is 24.7 Å². The molecule has 9 heteroatoms. The first kappa shape index (κ1) is 21.0. The first-order valence-corrected chi connectivity index (χ1v) is 10.1. The van der Waals surface area contributed by atoms with Crippen molar-refractivity contribution in [2.45, 2.75) is 20.8 Å². The molecule has 0 aliphatic rings. The summed E-state index contributed by atoms with van der Waals surface area (Å²) >= 11 is 0. The Morgan fingerprint density at radius 2 is 1.50 bits per heavy atom. The smallest absolute Gasteiger partial charge is 0.259 e. The van der Waals surface area contributed by atoms with Gasteiger partial charge in [0.05, 0.1) is 11.3 Å². The molecule has 32 heavy (non-hydrogen) atoms. The van der Waals surface area contributed by atoms with Crippen LogP contribution in [0.5, 0.6) is 0 Å². The third-order valence-electron chi connectivity index (χ3n) is 4.99. The number of hydrogen-bond acceptors (Lipinski definition) is 7. The Hall–Kier alpha value is -4.27. The SMILES string of the molecule is Cc1ccnc(Nc2cc(Nc3ccc(NC(=O)c4c(C)nn(C)c4C)cc3)ncn2)c1. The van der Waals surface area contributed by atoms with Gasteiger partial charge in [-0.3, -0.25) is 9.48 Å². The highest BCUT2D eigenvalue weighted by Gasteiger charge is 2.17. The molecule has 0 saturated carbocycles. The van der Waals surface area contributed by atoms with Gasteiger partial charge in [0, 0.05) is 36.4 Å². The zero-order chi connectivity index (χ0) is 22.7. The van der Waals surface area contributed by atoms with Crippen molar-refractivity contribution >= 4 is 34.7 Å². The van der Waals surface area contributed by atoms with Crippen LogP contribution in [0.4, 0.5) is 28.8 Å². The fraction of sp³-hybridized carbons (Fsp3) is 0.174. The topological polar surface area (TPSA) is 110 Å². The Balaban J connectivity index is 1.42. The third-order valence-corrected chi connectivity index (χ3v) is 4.99. The minimum atomic E-state index is -0.176. The number of nitrogens with one attached hydrogen (secondary N) is 3. The lowest BCUT2D eigenvalue weighted by Crippen LogP contribution is -2.14. The van der Waals surface area contributed by atoms with Crippen LogP contribution in [0.2, 0.25) is 0 Å². The molecule has 4 aromatic rings. The molecular weight excluding hydrogens is 404 g/mol. The van der Waals surface area contributed by atoms with Crippen LogP contribution in [-0.4, -0.2) is 30.6 Å². The quantitative estimate of drug-likeness (QED) is 0.421. The number of carbonyl (C=O) groups excluding carboxylic acids is 1. The van der Waals surface area contributed by atoms with Crippen molar-refractivity contribution in [3.05, 3.63) is 77.5 Å². The Morgan fingerprint density at radius 1 is 0.844 bits per heavy atom. The number of aryl methyl sites for hydroxylation is 3. The zero-order valence-electron chi connectivity index (χ0n) is 18.3. The van der Waals surface area contributed by atoms with E-state index in [2.05, 4.69) is 36.0 Å². The monoisotopic (exact) mass is 428 g/mol. The minimum absolute atomic E-state index is 0.176. The molecule has 162 valence electrons. The van der Waals surface area contributed by atoms with E-state index in [9.17, 15) is 4.79 Å². The molecular formula is C23H24N8O. The van der Waals surface area contributed by atoms with Crippen molar-refractivity contribution in [3.8, 4) is 0 Å². The molecule has 0 unspecified atom stereocenters. The summed E-state index contributed by atoms with van der Waals surface area (Å²) in [7, 11) is 1.82. The summed E-state index contributed by atoms with van der Waals surface area (Å²) in [5.74, 6) is 1.80. The van der Waals surface area contributed by atoms with Gasteiger partial charge in [0.2, 0.25) is 0 Å². The minimum Gasteiger partial charge on any atom is -0.340 e. The lowest BCUT2D eigenvalue weighted by molar-refractivity contribution is 0.102. The molecule has 0 radical (unpaired) electrons. The average Bonchev–Trinajstić information content (AvgIpc) is 3.01. The summed E-state index contributed by atoms with van der Waals surface area (Å²) in [5.41, 5.74) is 4.76. The number of benzene rings is 1. The number of amides is 1. The number of carbonyl (C=O) groups is 1. The second kappa shape index (κ2) is 8.84. The molecule has 4 rings (SSSR count).